The normalized spacial score (nSPS) is 13.1. The number of carboxylic acids is 6. The summed E-state index contributed by atoms with van der Waals surface area (Å²) in [5, 5.41) is 58.5. The van der Waals surface area contributed by atoms with Crippen molar-refractivity contribution in [1.82, 2.24) is 89.7 Å². The van der Waals surface area contributed by atoms with Crippen molar-refractivity contribution < 1.29 is 90.3 Å². The number of fused-ring (bicyclic) bond motifs is 7. The number of piperidine rings is 2. The van der Waals surface area contributed by atoms with Crippen LogP contribution in [0.4, 0.5) is 43.7 Å². The number of oxazole rings is 5. The molecule has 16 heterocycles. The van der Waals surface area contributed by atoms with E-state index in [4.69, 9.17) is 52.6 Å². The lowest BCUT2D eigenvalue weighted by Gasteiger charge is -2.29. The van der Waals surface area contributed by atoms with Crippen LogP contribution in [0.15, 0.2) is 161 Å². The van der Waals surface area contributed by atoms with Gasteiger partial charge in [0.1, 0.15) is 55.3 Å². The fourth-order valence-electron chi connectivity index (χ4n) is 15.0. The van der Waals surface area contributed by atoms with Crippen LogP contribution in [0.5, 0.6) is 0 Å². The molecule has 142 heavy (non-hydrogen) atoms. The van der Waals surface area contributed by atoms with E-state index in [0.717, 1.165) is 126 Å². The van der Waals surface area contributed by atoms with E-state index in [1.165, 1.54) is 48.4 Å². The molecule has 0 bridgehead atoms. The van der Waals surface area contributed by atoms with Crippen LogP contribution in [0.3, 0.4) is 0 Å². The molecule has 1 saturated carbocycles. The molecular formula is C97H94F2N24O17S2. The van der Waals surface area contributed by atoms with E-state index < -0.39 is 59.4 Å². The second-order valence-electron chi connectivity index (χ2n) is 34.3. The average molecular weight is 1970 g/mol. The summed E-state index contributed by atoms with van der Waals surface area (Å²) < 4.78 is 52.4. The van der Waals surface area contributed by atoms with Crippen LogP contribution >= 0.6 is 22.7 Å². The molecule has 6 N–H and O–H groups in total. The number of hydrogen-bond acceptors (Lipinski definition) is 37. The van der Waals surface area contributed by atoms with Crippen molar-refractivity contribution >= 4 is 171 Å². The molecule has 3 aliphatic rings. The number of pyridine rings is 1. The predicted octanol–water partition coefficient (Wildman–Crippen LogP) is 18.4. The minimum atomic E-state index is -1.28. The molecule has 18 aromatic rings. The van der Waals surface area contributed by atoms with Gasteiger partial charge in [-0.2, -0.15) is 49.8 Å². The quantitative estimate of drug-likeness (QED) is 0.0367. The third kappa shape index (κ3) is 22.0. The van der Waals surface area contributed by atoms with Crippen LogP contribution in [0, 0.1) is 11.6 Å². The molecule has 2 saturated heterocycles. The molecule has 3 fully saturated rings. The number of rotatable bonds is 22. The van der Waals surface area contributed by atoms with Gasteiger partial charge in [0.25, 0.3) is 28.6 Å². The highest BCUT2D eigenvalue weighted by Crippen LogP contribution is 2.41. The highest BCUT2D eigenvalue weighted by molar-refractivity contribution is 7.20. The number of halogens is 2. The van der Waals surface area contributed by atoms with Gasteiger partial charge in [-0.05, 0) is 194 Å². The van der Waals surface area contributed by atoms with Crippen LogP contribution in [-0.4, -0.2) is 235 Å². The largest absolute Gasteiger partial charge is 0.477 e. The maximum atomic E-state index is 13.3. The topological polar surface area (TPSA) is 541 Å². The molecule has 45 heteroatoms. The Bertz CT molecular complexity index is 7720. The van der Waals surface area contributed by atoms with E-state index in [-0.39, 0.29) is 103 Å². The number of carbonyl (C=O) groups is 6. The first-order chi connectivity index (χ1) is 68.1. The smallest absolute Gasteiger partial charge is 0.392 e. The third-order valence-electron chi connectivity index (χ3n) is 23.2. The molecule has 1 aliphatic carbocycles. The van der Waals surface area contributed by atoms with E-state index in [2.05, 4.69) is 94.5 Å². The highest BCUT2D eigenvalue weighted by atomic mass is 32.1. The summed E-state index contributed by atoms with van der Waals surface area (Å²) in [6, 6.07) is 36.1. The van der Waals surface area contributed by atoms with E-state index in [1.807, 2.05) is 169 Å². The fraction of sp³-hybridized carbons (Fsp3) is 0.299. The Hall–Kier alpha value is -16.7. The van der Waals surface area contributed by atoms with Crippen molar-refractivity contribution in [3.8, 4) is 55.6 Å². The summed E-state index contributed by atoms with van der Waals surface area (Å²) in [5.41, 5.74) is 9.06. The molecule has 21 rings (SSSR count). The molecule has 2 aliphatic heterocycles. The molecule has 0 unspecified atom stereocenters. The van der Waals surface area contributed by atoms with Crippen molar-refractivity contribution in [3.63, 3.8) is 0 Å². The average Bonchev–Trinajstić information content (AvgIpc) is 1.63. The zero-order chi connectivity index (χ0) is 101. The molecule has 14 aromatic heterocycles. The van der Waals surface area contributed by atoms with Gasteiger partial charge in [-0.25, -0.2) is 72.4 Å². The van der Waals surface area contributed by atoms with Crippen molar-refractivity contribution in [2.75, 3.05) is 83.8 Å². The summed E-state index contributed by atoms with van der Waals surface area (Å²) in [5.74, 6) is -5.83. The Morgan fingerprint density at radius 2 is 0.796 bits per heavy atom. The van der Waals surface area contributed by atoms with Crippen LogP contribution < -0.4 is 29.4 Å². The van der Waals surface area contributed by atoms with Crippen molar-refractivity contribution in [3.05, 3.63) is 191 Å². The zero-order valence-electron chi connectivity index (χ0n) is 78.6. The highest BCUT2D eigenvalue weighted by Gasteiger charge is 2.34. The minimum Gasteiger partial charge on any atom is -0.477 e. The first-order valence-corrected chi connectivity index (χ1v) is 46.8. The summed E-state index contributed by atoms with van der Waals surface area (Å²) in [7, 11) is 7.61. The maximum Gasteiger partial charge on any atom is 0.392 e. The first kappa shape index (κ1) is 98.3. The lowest BCUT2D eigenvalue weighted by molar-refractivity contribution is 0.0646. The number of hydrogen-bond donors (Lipinski definition) is 6. The van der Waals surface area contributed by atoms with Gasteiger partial charge in [-0.3, -0.25) is 4.98 Å². The lowest BCUT2D eigenvalue weighted by Crippen LogP contribution is -2.31. The van der Waals surface area contributed by atoms with E-state index in [9.17, 15) is 42.7 Å². The Kier molecular flexibility index (Phi) is 29.3. The Balaban J connectivity index is 0.000000123. The van der Waals surface area contributed by atoms with Crippen molar-refractivity contribution in [2.45, 2.75) is 137 Å². The Labute approximate surface area is 813 Å². The second-order valence-corrected chi connectivity index (χ2v) is 36.3. The predicted molar refractivity (Wildman–Crippen MR) is 526 cm³/mol. The first-order valence-electron chi connectivity index (χ1n) is 45.1. The monoisotopic (exact) mass is 1970 g/mol. The molecule has 730 valence electrons. The van der Waals surface area contributed by atoms with Crippen LogP contribution in [0.1, 0.15) is 181 Å². The summed E-state index contributed by atoms with van der Waals surface area (Å²) in [6.45, 7) is 19.9. The zero-order valence-corrected chi connectivity index (χ0v) is 80.3. The summed E-state index contributed by atoms with van der Waals surface area (Å²) in [6.07, 6.45) is 12.3. The maximum absolute atomic E-state index is 13.3. The SMILES string of the molecule is CC(C)N(C)c1nc2oc(C(=O)O)nc2nc1-c1ccc2ccccc2c1.CC(C)N(C)c1nc2oc(C(=O)O)nc2nc1-c1cccnc1.CC(C)N(C)c1nc2oc(C(=O)O)nc2nc1-c1cccs1.CC(C)c1nc2nc(C(=O)O)oc2nc1N1CCCCC1.CN(c1nc2oc(C(=O)O)nc2nc1-c1ccc(F)cc1)C1CC1.O=C(O)c1cc2nc(-c3ccc(F)cc3)c(N3CCCCC3)nc2s1. The number of nitrogens with zero attached hydrogens (tertiary/aromatic N) is 24. The Morgan fingerprint density at radius 3 is 1.22 bits per heavy atom. The molecule has 0 radical (unpaired) electrons. The number of anilines is 6. The van der Waals surface area contributed by atoms with Gasteiger partial charge in [-0.15, -0.1) is 22.7 Å². The standard InChI is InChI=1S/C20H18N4O3.C18H16FN3O2S.C16H13FN4O3.C15H15N5O3.C14H14N4O3S.C14H18N4O3/c1-11(2)24(3)17-15(14-9-8-12-6-4-5-7-13(12)10-14)21-16-18(23-17)27-19(22-16)20(25)26;19-12-6-4-11(5-7-12)15-16(22-8-2-1-3-9-22)21-17-13(20-15)10-14(25-17)18(23)24;1-21(10-6-7-10)13-11(8-2-4-9(17)5-3-8)18-12-14(20-13)24-15(19-12)16(22)23;1-8(2)20(3)12-10(9-5-4-6-16-7-9)17-11-13(19-12)23-14(18-11)15(21)22;1-7(2)18(3)11-9(8-5-4-6-22-8)15-10-12(17-11)21-13(16-10)14(19)20;1-8(2)9-11(18-6-4-3-5-7-18)17-12-10(15-9)16-13(21-12)14(19)20/h4-11H,1-3H3,(H,25,26);4-7,10H,1-3,8-9H2,(H,23,24);2-5,10H,6-7H2,1H3,(H,22,23);4-8H,1-3H3,(H,21,22);4-7H,1-3H3,(H,19,20);8H,3-7H2,1-2H3,(H,19,20). The number of aromatic nitrogens is 18. The minimum absolute atomic E-state index is 0.0701. The van der Waals surface area contributed by atoms with E-state index >= 15 is 0 Å². The van der Waals surface area contributed by atoms with Gasteiger partial charge >= 0.3 is 65.3 Å². The van der Waals surface area contributed by atoms with Gasteiger partial charge in [0, 0.05) is 113 Å². The van der Waals surface area contributed by atoms with E-state index in [0.29, 0.717) is 73.7 Å². The number of benzene rings is 4. The van der Waals surface area contributed by atoms with Crippen LogP contribution in [0.25, 0.3) is 134 Å². The molecule has 0 spiro atoms. The van der Waals surface area contributed by atoms with Gasteiger partial charge in [0.15, 0.2) is 34.9 Å². The van der Waals surface area contributed by atoms with Gasteiger partial charge in [0.2, 0.25) is 28.2 Å². The van der Waals surface area contributed by atoms with Crippen molar-refractivity contribution in [1.29, 1.82) is 0 Å². The molecular weight excluding hydrogens is 1880 g/mol. The molecule has 0 atom stereocenters. The summed E-state index contributed by atoms with van der Waals surface area (Å²) >= 11 is 2.67. The Morgan fingerprint density at radius 1 is 0.387 bits per heavy atom. The van der Waals surface area contributed by atoms with Crippen molar-refractivity contribution in [2.24, 2.45) is 0 Å². The number of thiophene rings is 2. The van der Waals surface area contributed by atoms with Crippen LogP contribution in [-0.2, 0) is 0 Å². The van der Waals surface area contributed by atoms with Gasteiger partial charge in [0.05, 0.1) is 10.6 Å². The molecule has 4 aromatic carbocycles. The second kappa shape index (κ2) is 42.3. The molecule has 0 amide bonds. The van der Waals surface area contributed by atoms with Gasteiger partial charge < -0.3 is 82.1 Å². The third-order valence-corrected chi connectivity index (χ3v) is 25.1. The number of carboxylic acid groups (broad SMARTS) is 6. The van der Waals surface area contributed by atoms with Gasteiger partial charge in [-0.1, -0.05) is 56.3 Å². The summed E-state index contributed by atoms with van der Waals surface area (Å²) in [4.78, 5) is 158. The lowest BCUT2D eigenvalue weighted by atomic mass is 10.0. The van der Waals surface area contributed by atoms with E-state index in [1.54, 1.807) is 48.8 Å². The fourth-order valence-corrected chi connectivity index (χ4v) is 16.5. The molecule has 41 nitrogen and oxygen atoms in total. The number of aromatic carboxylic acids is 6. The van der Waals surface area contributed by atoms with Crippen LogP contribution in [0.2, 0.25) is 0 Å².